The van der Waals surface area contributed by atoms with Crippen LogP contribution in [0.25, 0.3) is 0 Å². The fourth-order valence-corrected chi connectivity index (χ4v) is 4.01. The number of benzene rings is 1. The molecule has 1 heterocycles. The van der Waals surface area contributed by atoms with E-state index in [0.717, 1.165) is 19.0 Å². The van der Waals surface area contributed by atoms with Crippen LogP contribution in [-0.2, 0) is 0 Å². The quantitative estimate of drug-likeness (QED) is 0.873. The van der Waals surface area contributed by atoms with Gasteiger partial charge in [-0.25, -0.2) is 0 Å². The molecule has 3 heteroatoms. The fraction of sp³-hybridized carbons (Fsp3) is 0.647. The summed E-state index contributed by atoms with van der Waals surface area (Å²) in [7, 11) is 0. The van der Waals surface area contributed by atoms with Crippen LogP contribution in [0.15, 0.2) is 22.7 Å². The molecule has 1 N–H and O–H groups in total. The summed E-state index contributed by atoms with van der Waals surface area (Å²) in [5, 5.41) is 3.76. The van der Waals surface area contributed by atoms with E-state index < -0.39 is 0 Å². The Kier molecular flexibility index (Phi) is 4.67. The standard InChI is InChI=1S/C17H25BrN2/c1-13-7-8-15(11-16(13)18)20-10-9-19-17(12-20)14-5-3-2-4-6-14/h7-8,11,14,17,19H,2-6,9-10,12H2,1H3. The van der Waals surface area contributed by atoms with E-state index in [9.17, 15) is 0 Å². The van der Waals surface area contributed by atoms with Gasteiger partial charge < -0.3 is 10.2 Å². The van der Waals surface area contributed by atoms with Crippen molar-refractivity contribution >= 4 is 21.6 Å². The number of anilines is 1. The molecule has 0 radical (unpaired) electrons. The molecule has 0 amide bonds. The van der Waals surface area contributed by atoms with Crippen LogP contribution in [0, 0.1) is 12.8 Å². The van der Waals surface area contributed by atoms with Crippen LogP contribution in [-0.4, -0.2) is 25.7 Å². The van der Waals surface area contributed by atoms with E-state index in [1.54, 1.807) is 0 Å². The highest BCUT2D eigenvalue weighted by atomic mass is 79.9. The first-order valence-corrected chi connectivity index (χ1v) is 8.78. The molecule has 1 atom stereocenters. The Bertz CT molecular complexity index is 454. The first kappa shape index (κ1) is 14.4. The molecule has 0 aromatic heterocycles. The fourth-order valence-electron chi connectivity index (χ4n) is 3.64. The number of halogens is 1. The molecule has 20 heavy (non-hydrogen) atoms. The van der Waals surface area contributed by atoms with Crippen molar-refractivity contribution in [3.63, 3.8) is 0 Å². The Labute approximate surface area is 131 Å². The number of hydrogen-bond acceptors (Lipinski definition) is 2. The second kappa shape index (κ2) is 6.48. The molecular formula is C17H25BrN2. The Balaban J connectivity index is 1.69. The highest BCUT2D eigenvalue weighted by molar-refractivity contribution is 9.10. The average Bonchev–Trinajstić information content (AvgIpc) is 2.51. The maximum atomic E-state index is 3.76. The van der Waals surface area contributed by atoms with Gasteiger partial charge in [0, 0.05) is 35.8 Å². The van der Waals surface area contributed by atoms with Gasteiger partial charge in [0.25, 0.3) is 0 Å². The summed E-state index contributed by atoms with van der Waals surface area (Å²) in [5.74, 6) is 0.889. The Morgan fingerprint density at radius 2 is 2.00 bits per heavy atom. The van der Waals surface area contributed by atoms with Crippen LogP contribution in [0.4, 0.5) is 5.69 Å². The molecule has 3 rings (SSSR count). The molecule has 1 saturated heterocycles. The normalized spacial score (nSPS) is 24.9. The molecule has 1 saturated carbocycles. The number of hydrogen-bond donors (Lipinski definition) is 1. The van der Waals surface area contributed by atoms with E-state index in [2.05, 4.69) is 51.3 Å². The zero-order chi connectivity index (χ0) is 13.9. The lowest BCUT2D eigenvalue weighted by atomic mass is 9.83. The van der Waals surface area contributed by atoms with Gasteiger partial charge in [-0.2, -0.15) is 0 Å². The van der Waals surface area contributed by atoms with Crippen LogP contribution >= 0.6 is 15.9 Å². The maximum absolute atomic E-state index is 3.76. The van der Waals surface area contributed by atoms with E-state index in [4.69, 9.17) is 0 Å². The highest BCUT2D eigenvalue weighted by Crippen LogP contribution is 2.30. The van der Waals surface area contributed by atoms with Crippen LogP contribution < -0.4 is 10.2 Å². The zero-order valence-electron chi connectivity index (χ0n) is 12.4. The Morgan fingerprint density at radius 1 is 1.20 bits per heavy atom. The van der Waals surface area contributed by atoms with Gasteiger partial charge in [0.1, 0.15) is 0 Å². The average molecular weight is 337 g/mol. The third-order valence-corrected chi connectivity index (χ3v) is 5.80. The second-order valence-electron chi connectivity index (χ2n) is 6.34. The van der Waals surface area contributed by atoms with Gasteiger partial charge in [-0.05, 0) is 43.4 Å². The van der Waals surface area contributed by atoms with Gasteiger partial charge in [-0.3, -0.25) is 0 Å². The number of aryl methyl sites for hydroxylation is 1. The summed E-state index contributed by atoms with van der Waals surface area (Å²) in [5.41, 5.74) is 2.68. The first-order chi connectivity index (χ1) is 9.74. The summed E-state index contributed by atoms with van der Waals surface area (Å²) < 4.78 is 1.22. The summed E-state index contributed by atoms with van der Waals surface area (Å²) in [6, 6.07) is 7.45. The molecule has 1 aromatic carbocycles. The molecule has 0 bridgehead atoms. The topological polar surface area (TPSA) is 15.3 Å². The molecular weight excluding hydrogens is 312 g/mol. The van der Waals surface area contributed by atoms with Crippen molar-refractivity contribution in [3.05, 3.63) is 28.2 Å². The summed E-state index contributed by atoms with van der Waals surface area (Å²) in [6.07, 6.45) is 7.14. The number of rotatable bonds is 2. The van der Waals surface area contributed by atoms with E-state index in [1.807, 2.05) is 0 Å². The van der Waals surface area contributed by atoms with E-state index in [-0.39, 0.29) is 0 Å². The lowest BCUT2D eigenvalue weighted by Crippen LogP contribution is -2.54. The van der Waals surface area contributed by atoms with Gasteiger partial charge in [0.15, 0.2) is 0 Å². The molecule has 1 unspecified atom stereocenters. The van der Waals surface area contributed by atoms with Gasteiger partial charge in [0.05, 0.1) is 0 Å². The Morgan fingerprint density at radius 3 is 2.75 bits per heavy atom. The molecule has 1 aromatic rings. The van der Waals surface area contributed by atoms with E-state index in [0.29, 0.717) is 6.04 Å². The molecule has 2 fully saturated rings. The van der Waals surface area contributed by atoms with Crippen molar-refractivity contribution in [2.75, 3.05) is 24.5 Å². The number of nitrogens with one attached hydrogen (secondary N) is 1. The molecule has 1 aliphatic carbocycles. The highest BCUT2D eigenvalue weighted by Gasteiger charge is 2.28. The predicted molar refractivity (Wildman–Crippen MR) is 89.5 cm³/mol. The number of piperazine rings is 1. The van der Waals surface area contributed by atoms with Crippen LogP contribution in [0.1, 0.15) is 37.7 Å². The van der Waals surface area contributed by atoms with Crippen molar-refractivity contribution in [2.24, 2.45) is 5.92 Å². The van der Waals surface area contributed by atoms with E-state index >= 15 is 0 Å². The monoisotopic (exact) mass is 336 g/mol. The molecule has 0 spiro atoms. The Hall–Kier alpha value is -0.540. The predicted octanol–water partition coefficient (Wildman–Crippen LogP) is 4.12. The summed E-state index contributed by atoms with van der Waals surface area (Å²) in [6.45, 7) is 5.56. The van der Waals surface area contributed by atoms with Gasteiger partial charge in [-0.15, -0.1) is 0 Å². The SMILES string of the molecule is Cc1ccc(N2CCNC(C3CCCCC3)C2)cc1Br. The van der Waals surface area contributed by atoms with Crippen LogP contribution in [0.3, 0.4) is 0 Å². The van der Waals surface area contributed by atoms with Gasteiger partial charge >= 0.3 is 0 Å². The lowest BCUT2D eigenvalue weighted by molar-refractivity contribution is 0.257. The summed E-state index contributed by atoms with van der Waals surface area (Å²) >= 11 is 3.66. The molecule has 1 aliphatic heterocycles. The third kappa shape index (κ3) is 3.20. The van der Waals surface area contributed by atoms with Crippen LogP contribution in [0.2, 0.25) is 0 Å². The molecule has 2 aliphatic rings. The smallest absolute Gasteiger partial charge is 0.0378 e. The lowest BCUT2D eigenvalue weighted by Gasteiger charge is -2.40. The van der Waals surface area contributed by atoms with Crippen molar-refractivity contribution in [3.8, 4) is 0 Å². The van der Waals surface area contributed by atoms with E-state index in [1.165, 1.54) is 54.4 Å². The van der Waals surface area contributed by atoms with Gasteiger partial charge in [-0.1, -0.05) is 41.3 Å². The van der Waals surface area contributed by atoms with Crippen molar-refractivity contribution in [1.29, 1.82) is 0 Å². The third-order valence-electron chi connectivity index (χ3n) is 4.94. The van der Waals surface area contributed by atoms with Gasteiger partial charge in [0.2, 0.25) is 0 Å². The van der Waals surface area contributed by atoms with Crippen molar-refractivity contribution < 1.29 is 0 Å². The number of nitrogens with zero attached hydrogens (tertiary/aromatic N) is 1. The van der Waals surface area contributed by atoms with Crippen LogP contribution in [0.5, 0.6) is 0 Å². The van der Waals surface area contributed by atoms with Crippen molar-refractivity contribution in [2.45, 2.75) is 45.1 Å². The minimum atomic E-state index is 0.684. The largest absolute Gasteiger partial charge is 0.369 e. The minimum Gasteiger partial charge on any atom is -0.369 e. The summed E-state index contributed by atoms with van der Waals surface area (Å²) in [4.78, 5) is 2.56. The van der Waals surface area contributed by atoms with Crippen molar-refractivity contribution in [1.82, 2.24) is 5.32 Å². The minimum absolute atomic E-state index is 0.684. The second-order valence-corrected chi connectivity index (χ2v) is 7.19. The zero-order valence-corrected chi connectivity index (χ0v) is 14.0. The molecule has 110 valence electrons. The first-order valence-electron chi connectivity index (χ1n) is 7.98. The maximum Gasteiger partial charge on any atom is 0.0378 e. The molecule has 2 nitrogen and oxygen atoms in total.